The van der Waals surface area contributed by atoms with Gasteiger partial charge in [-0.25, -0.2) is 4.79 Å². The van der Waals surface area contributed by atoms with E-state index in [1.165, 1.54) is 11.2 Å². The predicted octanol–water partition coefficient (Wildman–Crippen LogP) is 0.568. The highest BCUT2D eigenvalue weighted by Crippen LogP contribution is 2.10. The van der Waals surface area contributed by atoms with Crippen molar-refractivity contribution in [3.8, 4) is 0 Å². The summed E-state index contributed by atoms with van der Waals surface area (Å²) in [5, 5.41) is 9.54. The van der Waals surface area contributed by atoms with Gasteiger partial charge in [0, 0.05) is 6.54 Å². The summed E-state index contributed by atoms with van der Waals surface area (Å²) in [5.41, 5.74) is -0.574. The van der Waals surface area contributed by atoms with Crippen LogP contribution in [0.5, 0.6) is 0 Å². The number of hydrogen-bond donors (Lipinski definition) is 1. The number of aliphatic imine (C=N–C) groups is 1. The van der Waals surface area contributed by atoms with Crippen molar-refractivity contribution in [2.75, 3.05) is 13.1 Å². The first-order chi connectivity index (χ1) is 6.40. The molecule has 0 saturated heterocycles. The van der Waals surface area contributed by atoms with Crippen molar-refractivity contribution in [3.05, 3.63) is 0 Å². The standard InChI is InChI=1S/C9H16N2O3.BrH/c1-9(2,3)14-8(13)7(12)11-5-4-10-6-11;/h6-7,12H,4-5H2,1-3H3;1H. The number of carbonyl (C=O) groups excluding carboxylic acids is 1. The minimum atomic E-state index is -1.24. The normalized spacial score (nSPS) is 17.2. The quantitative estimate of drug-likeness (QED) is 0.752. The van der Waals surface area contributed by atoms with Crippen LogP contribution in [0.3, 0.4) is 0 Å². The van der Waals surface area contributed by atoms with Crippen molar-refractivity contribution in [3.63, 3.8) is 0 Å². The maximum absolute atomic E-state index is 11.4. The Morgan fingerprint density at radius 3 is 2.60 bits per heavy atom. The number of aliphatic hydroxyl groups is 1. The first-order valence-electron chi connectivity index (χ1n) is 4.57. The highest BCUT2D eigenvalue weighted by atomic mass is 79.9. The van der Waals surface area contributed by atoms with Crippen LogP contribution in [0.15, 0.2) is 4.99 Å². The van der Waals surface area contributed by atoms with Crippen molar-refractivity contribution < 1.29 is 14.6 Å². The zero-order chi connectivity index (χ0) is 10.8. The fraction of sp³-hybridized carbons (Fsp3) is 0.778. The number of carbonyl (C=O) groups is 1. The third kappa shape index (κ3) is 4.61. The molecule has 1 heterocycles. The van der Waals surface area contributed by atoms with Gasteiger partial charge in [0.15, 0.2) is 0 Å². The lowest BCUT2D eigenvalue weighted by molar-refractivity contribution is -0.171. The molecule has 1 unspecified atom stereocenters. The molecule has 0 aromatic heterocycles. The Bertz CT molecular complexity index is 250. The molecule has 0 fully saturated rings. The Kier molecular flexibility index (Phi) is 5.23. The second-order valence-electron chi connectivity index (χ2n) is 4.17. The van der Waals surface area contributed by atoms with Crippen LogP contribution in [0.4, 0.5) is 0 Å². The molecule has 1 N–H and O–H groups in total. The molecule has 6 heteroatoms. The summed E-state index contributed by atoms with van der Waals surface area (Å²) in [6.07, 6.45) is 0.231. The fourth-order valence-corrected chi connectivity index (χ4v) is 1.07. The van der Waals surface area contributed by atoms with E-state index in [0.29, 0.717) is 13.1 Å². The van der Waals surface area contributed by atoms with E-state index in [9.17, 15) is 9.90 Å². The van der Waals surface area contributed by atoms with Gasteiger partial charge < -0.3 is 14.7 Å². The van der Waals surface area contributed by atoms with Gasteiger partial charge >= 0.3 is 5.97 Å². The lowest BCUT2D eigenvalue weighted by atomic mass is 10.2. The summed E-state index contributed by atoms with van der Waals surface area (Å²) in [6, 6.07) is 0. The van der Waals surface area contributed by atoms with Crippen molar-refractivity contribution in [2.24, 2.45) is 4.99 Å². The predicted molar refractivity (Wildman–Crippen MR) is 62.2 cm³/mol. The molecular formula is C9H17BrN2O3. The molecule has 1 aliphatic rings. The van der Waals surface area contributed by atoms with Crippen LogP contribution in [0.2, 0.25) is 0 Å². The van der Waals surface area contributed by atoms with Crippen molar-refractivity contribution in [2.45, 2.75) is 32.6 Å². The number of halogens is 1. The molecule has 5 nitrogen and oxygen atoms in total. The van der Waals surface area contributed by atoms with Crippen molar-refractivity contribution >= 4 is 29.3 Å². The number of aliphatic hydroxyl groups excluding tert-OH is 1. The van der Waals surface area contributed by atoms with E-state index < -0.39 is 17.8 Å². The third-order valence-electron chi connectivity index (χ3n) is 1.65. The number of ether oxygens (including phenoxy) is 1. The zero-order valence-electron chi connectivity index (χ0n) is 9.14. The maximum atomic E-state index is 11.4. The van der Waals surface area contributed by atoms with Gasteiger partial charge in [-0.1, -0.05) is 0 Å². The van der Waals surface area contributed by atoms with Crippen LogP contribution >= 0.6 is 17.0 Å². The maximum Gasteiger partial charge on any atom is 0.356 e. The van der Waals surface area contributed by atoms with Gasteiger partial charge in [-0.2, -0.15) is 0 Å². The minimum absolute atomic E-state index is 0. The largest absolute Gasteiger partial charge is 0.457 e. The summed E-state index contributed by atoms with van der Waals surface area (Å²) in [4.78, 5) is 16.7. The smallest absolute Gasteiger partial charge is 0.356 e. The molecule has 15 heavy (non-hydrogen) atoms. The highest BCUT2D eigenvalue weighted by Gasteiger charge is 2.28. The molecule has 0 bridgehead atoms. The Labute approximate surface area is 99.9 Å². The van der Waals surface area contributed by atoms with Crippen LogP contribution in [-0.2, 0) is 9.53 Å². The summed E-state index contributed by atoms with van der Waals surface area (Å²) < 4.78 is 5.02. The molecule has 0 aromatic carbocycles. The lowest BCUT2D eigenvalue weighted by Gasteiger charge is -2.25. The molecule has 0 saturated carbocycles. The number of hydrogen-bond acceptors (Lipinski definition) is 5. The van der Waals surface area contributed by atoms with Gasteiger partial charge in [-0.15, -0.1) is 17.0 Å². The first-order valence-corrected chi connectivity index (χ1v) is 4.57. The summed E-state index contributed by atoms with van der Waals surface area (Å²) in [5.74, 6) is -0.633. The molecular weight excluding hydrogens is 264 g/mol. The monoisotopic (exact) mass is 280 g/mol. The number of rotatable bonds is 2. The van der Waals surface area contributed by atoms with Crippen LogP contribution in [0, 0.1) is 0 Å². The van der Waals surface area contributed by atoms with E-state index in [-0.39, 0.29) is 17.0 Å². The molecule has 0 radical (unpaired) electrons. The Morgan fingerprint density at radius 2 is 2.20 bits per heavy atom. The fourth-order valence-electron chi connectivity index (χ4n) is 1.07. The van der Waals surface area contributed by atoms with Gasteiger partial charge in [0.2, 0.25) is 6.23 Å². The second-order valence-corrected chi connectivity index (χ2v) is 4.17. The molecule has 1 rings (SSSR count). The molecule has 0 amide bonds. The number of esters is 1. The van der Waals surface area contributed by atoms with E-state index in [1.807, 2.05) is 0 Å². The van der Waals surface area contributed by atoms with E-state index in [2.05, 4.69) is 4.99 Å². The minimum Gasteiger partial charge on any atom is -0.457 e. The van der Waals surface area contributed by atoms with E-state index in [1.54, 1.807) is 20.8 Å². The SMILES string of the molecule is Br.CC(C)(C)OC(=O)C(O)N1C=NCC1. The average Bonchev–Trinajstić information content (AvgIpc) is 2.51. The molecule has 0 aromatic rings. The van der Waals surface area contributed by atoms with Crippen LogP contribution in [0.25, 0.3) is 0 Å². The van der Waals surface area contributed by atoms with Gasteiger partial charge in [-0.3, -0.25) is 4.99 Å². The van der Waals surface area contributed by atoms with Gasteiger partial charge in [0.1, 0.15) is 5.60 Å². The summed E-state index contributed by atoms with van der Waals surface area (Å²) >= 11 is 0. The highest BCUT2D eigenvalue weighted by molar-refractivity contribution is 8.93. The molecule has 0 aliphatic carbocycles. The first kappa shape index (κ1) is 14.4. The van der Waals surface area contributed by atoms with Crippen LogP contribution < -0.4 is 0 Å². The van der Waals surface area contributed by atoms with E-state index in [4.69, 9.17) is 4.74 Å². The van der Waals surface area contributed by atoms with E-state index >= 15 is 0 Å². The molecule has 88 valence electrons. The summed E-state index contributed by atoms with van der Waals surface area (Å²) in [7, 11) is 0. The Hall–Kier alpha value is -0.620. The molecule has 1 atom stereocenters. The van der Waals surface area contributed by atoms with Gasteiger partial charge in [0.25, 0.3) is 0 Å². The lowest BCUT2D eigenvalue weighted by Crippen LogP contribution is -2.42. The van der Waals surface area contributed by atoms with Gasteiger partial charge in [-0.05, 0) is 20.8 Å². The topological polar surface area (TPSA) is 62.1 Å². The summed E-state index contributed by atoms with van der Waals surface area (Å²) in [6.45, 7) is 6.45. The van der Waals surface area contributed by atoms with Crippen LogP contribution in [0.1, 0.15) is 20.8 Å². The Morgan fingerprint density at radius 1 is 1.60 bits per heavy atom. The average molecular weight is 281 g/mol. The van der Waals surface area contributed by atoms with Crippen molar-refractivity contribution in [1.82, 2.24) is 4.90 Å². The number of nitrogens with zero attached hydrogens (tertiary/aromatic N) is 2. The van der Waals surface area contributed by atoms with Crippen molar-refractivity contribution in [1.29, 1.82) is 0 Å². The van der Waals surface area contributed by atoms with E-state index in [0.717, 1.165) is 0 Å². The van der Waals surface area contributed by atoms with Gasteiger partial charge in [0.05, 0.1) is 12.9 Å². The zero-order valence-corrected chi connectivity index (χ0v) is 10.8. The van der Waals surface area contributed by atoms with Crippen LogP contribution in [-0.4, -0.2) is 47.2 Å². The third-order valence-corrected chi connectivity index (χ3v) is 1.65. The molecule has 1 aliphatic heterocycles. The Balaban J connectivity index is 0.00000196. The second kappa shape index (κ2) is 5.46. The molecule has 0 spiro atoms.